The van der Waals surface area contributed by atoms with Gasteiger partial charge in [0.15, 0.2) is 0 Å². The van der Waals surface area contributed by atoms with Crippen molar-refractivity contribution in [2.75, 3.05) is 32.6 Å². The highest BCUT2D eigenvalue weighted by molar-refractivity contribution is 5.89. The number of aliphatic hydroxyl groups is 1. The third-order valence-corrected chi connectivity index (χ3v) is 2.58. The number of amides is 2. The van der Waals surface area contributed by atoms with Gasteiger partial charge in [-0.05, 0) is 18.6 Å². The van der Waals surface area contributed by atoms with Crippen LogP contribution in [0.3, 0.4) is 0 Å². The first-order chi connectivity index (χ1) is 8.54. The number of carbonyl (C=O) groups is 1. The average Bonchev–Trinajstić information content (AvgIpc) is 2.32. The summed E-state index contributed by atoms with van der Waals surface area (Å²) in [5.74, 6) is 0. The molecule has 0 aliphatic carbocycles. The Morgan fingerprint density at radius 2 is 2.17 bits per heavy atom. The van der Waals surface area contributed by atoms with E-state index in [0.717, 1.165) is 11.3 Å². The van der Waals surface area contributed by atoms with Crippen molar-refractivity contribution in [3.8, 4) is 0 Å². The molecule has 2 N–H and O–H groups in total. The molecular weight excluding hydrogens is 232 g/mol. The first-order valence-electron chi connectivity index (χ1n) is 5.79. The van der Waals surface area contributed by atoms with Crippen LogP contribution in [0.25, 0.3) is 0 Å². The summed E-state index contributed by atoms with van der Waals surface area (Å²) in [7, 11) is 3.14. The number of urea groups is 1. The van der Waals surface area contributed by atoms with E-state index in [9.17, 15) is 9.90 Å². The van der Waals surface area contributed by atoms with Crippen LogP contribution in [0.2, 0.25) is 0 Å². The number of methoxy groups -OCH3 is 1. The Morgan fingerprint density at radius 1 is 1.50 bits per heavy atom. The quantitative estimate of drug-likeness (QED) is 0.834. The summed E-state index contributed by atoms with van der Waals surface area (Å²) in [4.78, 5) is 13.3. The zero-order chi connectivity index (χ0) is 13.5. The minimum Gasteiger partial charge on any atom is -0.389 e. The van der Waals surface area contributed by atoms with Crippen LogP contribution >= 0.6 is 0 Å². The maximum absolute atomic E-state index is 11.9. The number of ether oxygens (including phenoxy) is 1. The topological polar surface area (TPSA) is 61.8 Å². The molecule has 100 valence electrons. The molecular formula is C13H20N2O3. The van der Waals surface area contributed by atoms with Crippen LogP contribution in [-0.2, 0) is 4.74 Å². The molecule has 1 aromatic rings. The SMILES string of the molecule is COCC(O)CN(C)C(=O)Nc1ccccc1C. The van der Waals surface area contributed by atoms with Gasteiger partial charge in [-0.3, -0.25) is 0 Å². The lowest BCUT2D eigenvalue weighted by Crippen LogP contribution is -2.38. The summed E-state index contributed by atoms with van der Waals surface area (Å²) in [6.45, 7) is 2.36. The van der Waals surface area contributed by atoms with E-state index in [1.165, 1.54) is 12.0 Å². The zero-order valence-electron chi connectivity index (χ0n) is 11.0. The normalized spacial score (nSPS) is 12.0. The lowest BCUT2D eigenvalue weighted by Gasteiger charge is -2.21. The van der Waals surface area contributed by atoms with Crippen molar-refractivity contribution >= 4 is 11.7 Å². The molecule has 1 unspecified atom stereocenters. The molecule has 0 fully saturated rings. The van der Waals surface area contributed by atoms with Crippen molar-refractivity contribution in [3.05, 3.63) is 29.8 Å². The highest BCUT2D eigenvalue weighted by Crippen LogP contribution is 2.13. The Morgan fingerprint density at radius 3 is 2.78 bits per heavy atom. The summed E-state index contributed by atoms with van der Waals surface area (Å²) in [6, 6.07) is 7.29. The van der Waals surface area contributed by atoms with Gasteiger partial charge in [0, 0.05) is 19.8 Å². The van der Waals surface area contributed by atoms with Crippen LogP contribution in [0.4, 0.5) is 10.5 Å². The zero-order valence-corrected chi connectivity index (χ0v) is 11.0. The number of hydrogen-bond acceptors (Lipinski definition) is 3. The van der Waals surface area contributed by atoms with E-state index >= 15 is 0 Å². The molecule has 0 spiro atoms. The Hall–Kier alpha value is -1.59. The minimum atomic E-state index is -0.678. The molecule has 1 aromatic carbocycles. The number of hydrogen-bond donors (Lipinski definition) is 2. The molecule has 18 heavy (non-hydrogen) atoms. The van der Waals surface area contributed by atoms with Crippen LogP contribution in [0.5, 0.6) is 0 Å². The predicted octanol–water partition coefficient (Wildman–Crippen LogP) is 1.47. The van der Waals surface area contributed by atoms with Gasteiger partial charge in [-0.15, -0.1) is 0 Å². The highest BCUT2D eigenvalue weighted by Gasteiger charge is 2.14. The average molecular weight is 252 g/mol. The number of benzene rings is 1. The van der Waals surface area contributed by atoms with Crippen molar-refractivity contribution in [3.63, 3.8) is 0 Å². The molecule has 0 aliphatic rings. The molecule has 0 aromatic heterocycles. The summed E-state index contributed by atoms with van der Waals surface area (Å²) in [5, 5.41) is 12.3. The summed E-state index contributed by atoms with van der Waals surface area (Å²) < 4.78 is 4.81. The lowest BCUT2D eigenvalue weighted by atomic mass is 10.2. The number of para-hydroxylation sites is 1. The van der Waals surface area contributed by atoms with Crippen LogP contribution in [0, 0.1) is 6.92 Å². The van der Waals surface area contributed by atoms with E-state index in [-0.39, 0.29) is 19.2 Å². The summed E-state index contributed by atoms with van der Waals surface area (Å²) in [5.41, 5.74) is 1.77. The predicted molar refractivity (Wildman–Crippen MR) is 70.7 cm³/mol. The number of likely N-dealkylation sites (N-methyl/N-ethyl adjacent to an activating group) is 1. The van der Waals surface area contributed by atoms with Gasteiger partial charge in [0.1, 0.15) is 0 Å². The van der Waals surface area contributed by atoms with E-state index < -0.39 is 6.10 Å². The van der Waals surface area contributed by atoms with Crippen molar-refractivity contribution in [2.24, 2.45) is 0 Å². The fourth-order valence-electron chi connectivity index (χ4n) is 1.57. The van der Waals surface area contributed by atoms with Crippen LogP contribution in [0.15, 0.2) is 24.3 Å². The van der Waals surface area contributed by atoms with E-state index in [2.05, 4.69) is 5.32 Å². The smallest absolute Gasteiger partial charge is 0.321 e. The number of anilines is 1. The molecule has 1 atom stereocenters. The molecule has 0 aliphatic heterocycles. The van der Waals surface area contributed by atoms with Gasteiger partial charge >= 0.3 is 6.03 Å². The molecule has 5 heteroatoms. The summed E-state index contributed by atoms with van der Waals surface area (Å²) >= 11 is 0. The third-order valence-electron chi connectivity index (χ3n) is 2.58. The number of rotatable bonds is 5. The van der Waals surface area contributed by atoms with E-state index in [4.69, 9.17) is 4.74 Å². The highest BCUT2D eigenvalue weighted by atomic mass is 16.5. The standard InChI is InChI=1S/C13H20N2O3/c1-10-6-4-5-7-12(10)14-13(17)15(2)8-11(16)9-18-3/h4-7,11,16H,8-9H2,1-3H3,(H,14,17). The van der Waals surface area contributed by atoms with Gasteiger partial charge in [0.25, 0.3) is 0 Å². The Kier molecular flexibility index (Phi) is 5.61. The molecule has 2 amide bonds. The summed E-state index contributed by atoms with van der Waals surface area (Å²) in [6.07, 6.45) is -0.678. The van der Waals surface area contributed by atoms with Gasteiger partial charge in [-0.25, -0.2) is 4.79 Å². The second kappa shape index (κ2) is 6.98. The van der Waals surface area contributed by atoms with E-state index in [0.29, 0.717) is 0 Å². The molecule has 0 saturated carbocycles. The Balaban J connectivity index is 2.52. The van der Waals surface area contributed by atoms with Gasteiger partial charge in [0.05, 0.1) is 19.3 Å². The van der Waals surface area contributed by atoms with Crippen molar-refractivity contribution in [1.29, 1.82) is 0 Å². The van der Waals surface area contributed by atoms with Gasteiger partial charge in [-0.2, -0.15) is 0 Å². The fraction of sp³-hybridized carbons (Fsp3) is 0.462. The lowest BCUT2D eigenvalue weighted by molar-refractivity contribution is 0.0501. The Bertz CT molecular complexity index is 396. The number of nitrogens with one attached hydrogen (secondary N) is 1. The van der Waals surface area contributed by atoms with Gasteiger partial charge in [-0.1, -0.05) is 18.2 Å². The number of carbonyl (C=O) groups excluding carboxylic acids is 1. The van der Waals surface area contributed by atoms with E-state index in [1.54, 1.807) is 7.05 Å². The van der Waals surface area contributed by atoms with Gasteiger partial charge in [0.2, 0.25) is 0 Å². The first kappa shape index (κ1) is 14.5. The second-order valence-electron chi connectivity index (χ2n) is 4.23. The van der Waals surface area contributed by atoms with E-state index in [1.807, 2.05) is 31.2 Å². The number of nitrogens with zero attached hydrogens (tertiary/aromatic N) is 1. The molecule has 1 rings (SSSR count). The molecule has 0 saturated heterocycles. The maximum atomic E-state index is 11.9. The molecule has 0 bridgehead atoms. The number of aryl methyl sites for hydroxylation is 1. The van der Waals surface area contributed by atoms with Crippen molar-refractivity contribution in [1.82, 2.24) is 4.90 Å². The first-order valence-corrected chi connectivity index (χ1v) is 5.79. The Labute approximate surface area is 107 Å². The largest absolute Gasteiger partial charge is 0.389 e. The molecule has 5 nitrogen and oxygen atoms in total. The van der Waals surface area contributed by atoms with Crippen LogP contribution in [0.1, 0.15) is 5.56 Å². The minimum absolute atomic E-state index is 0.210. The van der Waals surface area contributed by atoms with Crippen molar-refractivity contribution in [2.45, 2.75) is 13.0 Å². The maximum Gasteiger partial charge on any atom is 0.321 e. The third kappa shape index (κ3) is 4.35. The number of aliphatic hydroxyl groups excluding tert-OH is 1. The second-order valence-corrected chi connectivity index (χ2v) is 4.23. The van der Waals surface area contributed by atoms with Crippen LogP contribution in [-0.4, -0.2) is 49.5 Å². The molecule has 0 heterocycles. The molecule has 0 radical (unpaired) electrons. The van der Waals surface area contributed by atoms with Crippen LogP contribution < -0.4 is 5.32 Å². The monoisotopic (exact) mass is 252 g/mol. The van der Waals surface area contributed by atoms with Crippen molar-refractivity contribution < 1.29 is 14.6 Å². The van der Waals surface area contributed by atoms with Gasteiger partial charge < -0.3 is 20.1 Å². The fourth-order valence-corrected chi connectivity index (χ4v) is 1.57.